The number of hydrogen-bond acceptors (Lipinski definition) is 6. The average molecular weight is 471 g/mol. The molecule has 3 rings (SSSR count). The normalized spacial score (nSPS) is 13.5. The molecule has 0 bridgehead atoms. The van der Waals surface area contributed by atoms with Gasteiger partial charge in [0.05, 0.1) is 0 Å². The SMILES string of the molecule is O=C(O)CNC(=O)C1=C(O)CCN(Cc2ccc(Oc3ccc(Cl)cc3)nc2)C1=O.[K]. The number of pyridine rings is 1. The molecule has 11 heteroatoms. The third kappa shape index (κ3) is 7.02. The van der Waals surface area contributed by atoms with Crippen molar-refractivity contribution in [3.8, 4) is 11.6 Å². The van der Waals surface area contributed by atoms with Crippen molar-refractivity contribution in [2.24, 2.45) is 0 Å². The van der Waals surface area contributed by atoms with Gasteiger partial charge in [0.25, 0.3) is 11.8 Å². The third-order valence-corrected chi connectivity index (χ3v) is 4.49. The summed E-state index contributed by atoms with van der Waals surface area (Å²) in [6, 6.07) is 10.2. The summed E-state index contributed by atoms with van der Waals surface area (Å²) in [6.07, 6.45) is 1.63. The van der Waals surface area contributed by atoms with E-state index >= 15 is 0 Å². The van der Waals surface area contributed by atoms with Crippen molar-refractivity contribution in [2.45, 2.75) is 13.0 Å². The first-order chi connectivity index (χ1) is 14.3. The van der Waals surface area contributed by atoms with Crippen LogP contribution in [0, 0.1) is 0 Å². The summed E-state index contributed by atoms with van der Waals surface area (Å²) in [6.45, 7) is -0.276. The first-order valence-corrected chi connectivity index (χ1v) is 9.31. The number of carbonyl (C=O) groups is 3. The summed E-state index contributed by atoms with van der Waals surface area (Å²) in [4.78, 5) is 40.9. The van der Waals surface area contributed by atoms with Crippen LogP contribution in [0.2, 0.25) is 5.02 Å². The fraction of sp³-hybridized carbons (Fsp3) is 0.200. The van der Waals surface area contributed by atoms with E-state index in [-0.39, 0.29) is 76.7 Å². The number of carbonyl (C=O) groups excluding carboxylic acids is 2. The summed E-state index contributed by atoms with van der Waals surface area (Å²) in [7, 11) is 0. The van der Waals surface area contributed by atoms with E-state index < -0.39 is 29.9 Å². The van der Waals surface area contributed by atoms with Gasteiger partial charge in [-0.2, -0.15) is 0 Å². The number of aliphatic carboxylic acids is 1. The van der Waals surface area contributed by atoms with Gasteiger partial charge < -0.3 is 25.2 Å². The molecule has 9 nitrogen and oxygen atoms in total. The minimum Gasteiger partial charge on any atom is -0.511 e. The van der Waals surface area contributed by atoms with Crippen molar-refractivity contribution in [1.29, 1.82) is 0 Å². The largest absolute Gasteiger partial charge is 0.511 e. The Morgan fingerprint density at radius 2 is 1.90 bits per heavy atom. The number of rotatable bonds is 7. The number of halogens is 1. The molecule has 1 aliphatic rings. The van der Waals surface area contributed by atoms with Crippen LogP contribution in [-0.2, 0) is 20.9 Å². The topological polar surface area (TPSA) is 129 Å². The average Bonchev–Trinajstić information content (AvgIpc) is 2.72. The minimum atomic E-state index is -1.25. The van der Waals surface area contributed by atoms with Gasteiger partial charge in [0, 0.05) is 88.2 Å². The Morgan fingerprint density at radius 1 is 1.19 bits per heavy atom. The van der Waals surface area contributed by atoms with Crippen LogP contribution < -0.4 is 10.1 Å². The zero-order valence-electron chi connectivity index (χ0n) is 16.7. The number of nitrogens with zero attached hydrogens (tertiary/aromatic N) is 2. The maximum Gasteiger partial charge on any atom is 0.322 e. The molecule has 0 fully saturated rings. The second kappa shape index (κ2) is 11.6. The zero-order chi connectivity index (χ0) is 21.7. The Hall–Kier alpha value is -1.95. The van der Waals surface area contributed by atoms with Gasteiger partial charge in [-0.15, -0.1) is 0 Å². The van der Waals surface area contributed by atoms with Crippen LogP contribution in [0.15, 0.2) is 53.9 Å². The molecule has 3 N–H and O–H groups in total. The van der Waals surface area contributed by atoms with Crippen LogP contribution in [0.25, 0.3) is 0 Å². The number of carboxylic acids is 1. The van der Waals surface area contributed by atoms with Crippen LogP contribution >= 0.6 is 11.6 Å². The van der Waals surface area contributed by atoms with Crippen molar-refractivity contribution >= 4 is 80.8 Å². The fourth-order valence-corrected chi connectivity index (χ4v) is 2.91. The van der Waals surface area contributed by atoms with Gasteiger partial charge in [-0.05, 0) is 29.8 Å². The molecule has 1 radical (unpaired) electrons. The van der Waals surface area contributed by atoms with E-state index in [0.717, 1.165) is 0 Å². The molecule has 1 aromatic carbocycles. The number of aliphatic hydroxyl groups excluding tert-OH is 1. The molecular formula is C20H18ClKN3O6. The molecule has 31 heavy (non-hydrogen) atoms. The van der Waals surface area contributed by atoms with E-state index in [1.807, 2.05) is 0 Å². The Labute approximate surface area is 225 Å². The quantitative estimate of drug-likeness (QED) is 0.416. The van der Waals surface area contributed by atoms with Crippen molar-refractivity contribution < 1.29 is 29.3 Å². The Kier molecular flexibility index (Phi) is 9.47. The monoisotopic (exact) mass is 470 g/mol. The molecule has 2 amide bonds. The molecule has 0 saturated heterocycles. The first-order valence-electron chi connectivity index (χ1n) is 8.93. The predicted molar refractivity (Wildman–Crippen MR) is 112 cm³/mol. The van der Waals surface area contributed by atoms with Gasteiger partial charge in [0.15, 0.2) is 0 Å². The fourth-order valence-electron chi connectivity index (χ4n) is 2.78. The van der Waals surface area contributed by atoms with Crippen LogP contribution in [0.4, 0.5) is 0 Å². The van der Waals surface area contributed by atoms with Crippen LogP contribution in [-0.4, -0.2) is 102 Å². The molecule has 0 atom stereocenters. The number of carboxylic acid groups (broad SMARTS) is 1. The van der Waals surface area contributed by atoms with E-state index in [1.165, 1.54) is 4.90 Å². The van der Waals surface area contributed by atoms with E-state index in [0.29, 0.717) is 22.2 Å². The van der Waals surface area contributed by atoms with Gasteiger partial charge in [0.2, 0.25) is 5.88 Å². The van der Waals surface area contributed by atoms with Gasteiger partial charge in [-0.25, -0.2) is 4.98 Å². The van der Waals surface area contributed by atoms with E-state index in [2.05, 4.69) is 10.3 Å². The molecular weight excluding hydrogens is 453 g/mol. The minimum absolute atomic E-state index is 0. The Morgan fingerprint density at radius 3 is 2.52 bits per heavy atom. The first kappa shape index (κ1) is 25.3. The number of benzene rings is 1. The molecule has 0 aliphatic carbocycles. The predicted octanol–water partition coefficient (Wildman–Crippen LogP) is 1.89. The van der Waals surface area contributed by atoms with Gasteiger partial charge in [-0.1, -0.05) is 17.7 Å². The maximum absolute atomic E-state index is 12.6. The molecule has 1 aromatic heterocycles. The number of aliphatic hydroxyl groups is 1. The third-order valence-electron chi connectivity index (χ3n) is 4.24. The van der Waals surface area contributed by atoms with Crippen molar-refractivity contribution in [2.75, 3.05) is 13.1 Å². The number of nitrogens with one attached hydrogen (secondary N) is 1. The molecule has 157 valence electrons. The number of hydrogen-bond donors (Lipinski definition) is 3. The molecule has 0 spiro atoms. The summed E-state index contributed by atoms with van der Waals surface area (Å²) < 4.78 is 5.62. The number of ether oxygens (including phenoxy) is 1. The number of amides is 2. The van der Waals surface area contributed by atoms with E-state index in [9.17, 15) is 19.5 Å². The summed E-state index contributed by atoms with van der Waals surface area (Å²) in [5, 5.41) is 21.3. The maximum atomic E-state index is 12.6. The molecule has 0 unspecified atom stereocenters. The van der Waals surface area contributed by atoms with Crippen LogP contribution in [0.3, 0.4) is 0 Å². The van der Waals surface area contributed by atoms with Gasteiger partial charge in [0.1, 0.15) is 23.6 Å². The van der Waals surface area contributed by atoms with Crippen LogP contribution in [0.5, 0.6) is 11.6 Å². The van der Waals surface area contributed by atoms with Gasteiger partial charge in [-0.3, -0.25) is 14.4 Å². The summed E-state index contributed by atoms with van der Waals surface area (Å²) >= 11 is 5.84. The second-order valence-electron chi connectivity index (χ2n) is 6.44. The second-order valence-corrected chi connectivity index (χ2v) is 6.87. The molecule has 2 heterocycles. The summed E-state index contributed by atoms with van der Waals surface area (Å²) in [5.74, 6) is -2.28. The van der Waals surface area contributed by atoms with Crippen molar-refractivity contribution in [1.82, 2.24) is 15.2 Å². The zero-order valence-corrected chi connectivity index (χ0v) is 20.5. The standard InChI is InChI=1S/C20H18ClN3O6.K/c21-13-2-4-14(5-3-13)30-16-6-1-12(9-22-16)11-24-8-7-15(25)18(20(24)29)19(28)23-10-17(26)27;/h1-6,9,25H,7-8,10-11H2,(H,23,28)(H,26,27);. The Bertz CT molecular complexity index is 995. The smallest absolute Gasteiger partial charge is 0.322 e. The molecule has 1 aliphatic heterocycles. The van der Waals surface area contributed by atoms with Crippen molar-refractivity contribution in [3.63, 3.8) is 0 Å². The van der Waals surface area contributed by atoms with Crippen molar-refractivity contribution in [3.05, 3.63) is 64.5 Å². The van der Waals surface area contributed by atoms with E-state index in [1.54, 1.807) is 42.6 Å². The number of aromatic nitrogens is 1. The van der Waals surface area contributed by atoms with E-state index in [4.69, 9.17) is 21.4 Å². The summed E-state index contributed by atoms with van der Waals surface area (Å²) in [5.41, 5.74) is 0.247. The van der Waals surface area contributed by atoms with Crippen LogP contribution in [0.1, 0.15) is 12.0 Å². The Balaban J connectivity index is 0.00000341. The molecule has 0 saturated carbocycles. The van der Waals surface area contributed by atoms with Gasteiger partial charge >= 0.3 is 5.97 Å². The molecule has 2 aromatic rings.